The second-order valence-corrected chi connectivity index (χ2v) is 9.84. The summed E-state index contributed by atoms with van der Waals surface area (Å²) in [6.45, 7) is 3.17. The Morgan fingerprint density at radius 2 is 1.89 bits per heavy atom. The third kappa shape index (κ3) is 5.40. The summed E-state index contributed by atoms with van der Waals surface area (Å²) in [5.41, 5.74) is 0. The number of piperazine rings is 1. The third-order valence-electron chi connectivity index (χ3n) is 5.33. The van der Waals surface area contributed by atoms with Gasteiger partial charge in [-0.3, -0.25) is 9.79 Å². The summed E-state index contributed by atoms with van der Waals surface area (Å²) in [7, 11) is -2.87. The van der Waals surface area contributed by atoms with Crippen molar-refractivity contribution < 1.29 is 17.6 Å². The molecule has 3 fully saturated rings. The Balaban J connectivity index is 0.00000225. The number of nitrogens with zero attached hydrogens (tertiary/aromatic N) is 3. The van der Waals surface area contributed by atoms with Crippen LogP contribution in [-0.4, -0.2) is 80.4 Å². The van der Waals surface area contributed by atoms with Crippen LogP contribution in [0.4, 0.5) is 0 Å². The molecule has 1 aromatic heterocycles. The third-order valence-corrected chi connectivity index (χ3v) is 7.17. The van der Waals surface area contributed by atoms with Crippen molar-refractivity contribution in [1.82, 2.24) is 15.1 Å². The van der Waals surface area contributed by atoms with E-state index in [9.17, 15) is 13.2 Å². The van der Waals surface area contributed by atoms with Crippen LogP contribution in [-0.2, 0) is 9.84 Å². The largest absolute Gasteiger partial charge is 0.459 e. The van der Waals surface area contributed by atoms with E-state index in [-0.39, 0.29) is 47.3 Å². The van der Waals surface area contributed by atoms with Gasteiger partial charge < -0.3 is 19.5 Å². The number of carbonyl (C=O) groups is 1. The molecule has 2 saturated heterocycles. The van der Waals surface area contributed by atoms with Crippen molar-refractivity contribution in [2.45, 2.75) is 25.3 Å². The zero-order valence-electron chi connectivity index (χ0n) is 15.7. The van der Waals surface area contributed by atoms with Gasteiger partial charge in [-0.25, -0.2) is 8.42 Å². The maximum atomic E-state index is 12.4. The highest BCUT2D eigenvalue weighted by Gasteiger charge is 2.31. The van der Waals surface area contributed by atoms with Gasteiger partial charge in [0.05, 0.1) is 17.8 Å². The lowest BCUT2D eigenvalue weighted by molar-refractivity contribution is 0.0657. The number of hydrogen-bond donors (Lipinski definition) is 1. The summed E-state index contributed by atoms with van der Waals surface area (Å²) >= 11 is 0. The minimum absolute atomic E-state index is 0. The fraction of sp³-hybridized carbons (Fsp3) is 0.667. The van der Waals surface area contributed by atoms with Crippen LogP contribution in [0.3, 0.4) is 0 Å². The lowest BCUT2D eigenvalue weighted by atomic mass is 10.1. The van der Waals surface area contributed by atoms with E-state index >= 15 is 0 Å². The number of rotatable bonds is 4. The van der Waals surface area contributed by atoms with Crippen LogP contribution in [0.1, 0.15) is 29.8 Å². The van der Waals surface area contributed by atoms with E-state index in [1.54, 1.807) is 17.0 Å². The number of halogens is 1. The monoisotopic (exact) mass is 522 g/mol. The fourth-order valence-electron chi connectivity index (χ4n) is 3.56. The standard InChI is InChI=1S/C18H26N4O4S.HI/c23-17(16-2-1-10-26-16)21-6-8-22(9-7-21)18(20-15-3-4-15)19-12-14-5-11-27(24,25)13-14;/h1-2,10,14-15H,3-9,11-13H2,(H,19,20);1H. The molecule has 1 amide bonds. The van der Waals surface area contributed by atoms with Gasteiger partial charge in [-0.05, 0) is 37.3 Å². The summed E-state index contributed by atoms with van der Waals surface area (Å²) in [4.78, 5) is 21.1. The Morgan fingerprint density at radius 3 is 2.46 bits per heavy atom. The zero-order chi connectivity index (χ0) is 18.9. The van der Waals surface area contributed by atoms with Crippen molar-refractivity contribution in [2.24, 2.45) is 10.9 Å². The molecule has 4 rings (SSSR count). The van der Waals surface area contributed by atoms with Gasteiger partial charge in [0.25, 0.3) is 5.91 Å². The Morgan fingerprint density at radius 1 is 1.18 bits per heavy atom. The Hall–Kier alpha value is -1.30. The van der Waals surface area contributed by atoms with Crippen LogP contribution in [0.25, 0.3) is 0 Å². The minimum atomic E-state index is -2.87. The lowest BCUT2D eigenvalue weighted by Gasteiger charge is -2.36. The van der Waals surface area contributed by atoms with Gasteiger partial charge in [0.1, 0.15) is 0 Å². The first-order chi connectivity index (χ1) is 13.0. The predicted octanol–water partition coefficient (Wildman–Crippen LogP) is 1.20. The molecule has 3 heterocycles. The van der Waals surface area contributed by atoms with E-state index < -0.39 is 9.84 Å². The molecule has 3 aliphatic rings. The van der Waals surface area contributed by atoms with Crippen molar-refractivity contribution >= 4 is 45.7 Å². The average molecular weight is 522 g/mol. The second kappa shape index (κ2) is 9.02. The average Bonchev–Trinajstić information content (AvgIpc) is 3.16. The molecule has 0 radical (unpaired) electrons. The number of aliphatic imine (C=N–C) groups is 1. The van der Waals surface area contributed by atoms with Crippen LogP contribution in [0.2, 0.25) is 0 Å². The number of amides is 1. The SMILES string of the molecule is I.O=C(c1ccco1)N1CCN(C(=NCC2CCS(=O)(=O)C2)NC2CC2)CC1. The molecule has 1 N–H and O–H groups in total. The highest BCUT2D eigenvalue weighted by molar-refractivity contribution is 14.0. The predicted molar refractivity (Wildman–Crippen MR) is 117 cm³/mol. The summed E-state index contributed by atoms with van der Waals surface area (Å²) in [5.74, 6) is 1.80. The van der Waals surface area contributed by atoms with E-state index in [4.69, 9.17) is 9.41 Å². The number of hydrogen-bond acceptors (Lipinski definition) is 5. The molecule has 28 heavy (non-hydrogen) atoms. The molecule has 156 valence electrons. The van der Waals surface area contributed by atoms with Gasteiger partial charge in [-0.2, -0.15) is 0 Å². The first-order valence-corrected chi connectivity index (χ1v) is 11.4. The molecule has 1 atom stereocenters. The van der Waals surface area contributed by atoms with E-state index in [1.165, 1.54) is 6.26 Å². The van der Waals surface area contributed by atoms with Crippen molar-refractivity contribution in [2.75, 3.05) is 44.2 Å². The summed E-state index contributed by atoms with van der Waals surface area (Å²) in [6.07, 6.45) is 4.51. The van der Waals surface area contributed by atoms with E-state index in [2.05, 4.69) is 10.2 Å². The molecule has 0 bridgehead atoms. The number of carbonyl (C=O) groups excluding carboxylic acids is 1. The van der Waals surface area contributed by atoms with Crippen molar-refractivity contribution in [3.05, 3.63) is 24.2 Å². The van der Waals surface area contributed by atoms with Crippen LogP contribution in [0, 0.1) is 5.92 Å². The summed E-state index contributed by atoms with van der Waals surface area (Å²) < 4.78 is 28.5. The number of guanidine groups is 1. The molecule has 1 unspecified atom stereocenters. The van der Waals surface area contributed by atoms with Crippen molar-refractivity contribution in [1.29, 1.82) is 0 Å². The maximum absolute atomic E-state index is 12.4. The smallest absolute Gasteiger partial charge is 0.289 e. The van der Waals surface area contributed by atoms with Gasteiger partial charge in [-0.1, -0.05) is 0 Å². The molecule has 10 heteroatoms. The Labute approximate surface area is 182 Å². The van der Waals surface area contributed by atoms with Crippen LogP contribution in [0.5, 0.6) is 0 Å². The molecule has 8 nitrogen and oxygen atoms in total. The quantitative estimate of drug-likeness (QED) is 0.363. The van der Waals surface area contributed by atoms with Gasteiger partial charge in [0, 0.05) is 38.8 Å². The van der Waals surface area contributed by atoms with Crippen molar-refractivity contribution in [3.63, 3.8) is 0 Å². The summed E-state index contributed by atoms with van der Waals surface area (Å²) in [6, 6.07) is 3.88. The molecule has 0 aromatic carbocycles. The van der Waals surface area contributed by atoms with E-state index in [0.29, 0.717) is 50.9 Å². The van der Waals surface area contributed by atoms with Crippen LogP contribution < -0.4 is 5.32 Å². The van der Waals surface area contributed by atoms with Gasteiger partial charge in [0.2, 0.25) is 0 Å². The maximum Gasteiger partial charge on any atom is 0.289 e. The van der Waals surface area contributed by atoms with Crippen LogP contribution in [0.15, 0.2) is 27.8 Å². The van der Waals surface area contributed by atoms with Crippen molar-refractivity contribution in [3.8, 4) is 0 Å². The van der Waals surface area contributed by atoms with Gasteiger partial charge >= 0.3 is 0 Å². The molecule has 1 aliphatic carbocycles. The van der Waals surface area contributed by atoms with E-state index in [0.717, 1.165) is 18.8 Å². The molecule has 0 spiro atoms. The fourth-order valence-corrected chi connectivity index (χ4v) is 5.41. The molecular weight excluding hydrogens is 495 g/mol. The number of sulfone groups is 1. The first kappa shape index (κ1) is 21.4. The molecule has 2 aliphatic heterocycles. The lowest BCUT2D eigenvalue weighted by Crippen LogP contribution is -2.54. The van der Waals surface area contributed by atoms with E-state index in [1.807, 2.05) is 0 Å². The zero-order valence-corrected chi connectivity index (χ0v) is 18.9. The Kier molecular flexibility index (Phi) is 6.89. The second-order valence-electron chi connectivity index (χ2n) is 7.61. The Bertz CT molecular complexity index is 800. The molecule has 1 saturated carbocycles. The minimum Gasteiger partial charge on any atom is -0.459 e. The topological polar surface area (TPSA) is 95.2 Å². The summed E-state index contributed by atoms with van der Waals surface area (Å²) in [5, 5.41) is 3.48. The molecular formula is C18H27IN4O4S. The highest BCUT2D eigenvalue weighted by atomic mass is 127. The number of nitrogens with one attached hydrogen (secondary N) is 1. The van der Waals surface area contributed by atoms with Gasteiger partial charge in [0.15, 0.2) is 21.6 Å². The number of furan rings is 1. The highest BCUT2D eigenvalue weighted by Crippen LogP contribution is 2.21. The van der Waals surface area contributed by atoms with Gasteiger partial charge in [-0.15, -0.1) is 24.0 Å². The normalized spacial score (nSPS) is 24.7. The van der Waals surface area contributed by atoms with Crippen LogP contribution >= 0.6 is 24.0 Å². The first-order valence-electron chi connectivity index (χ1n) is 9.59. The molecule has 1 aromatic rings.